The van der Waals surface area contributed by atoms with Crippen LogP contribution in [0.15, 0.2) is 54.6 Å². The summed E-state index contributed by atoms with van der Waals surface area (Å²) in [6.07, 6.45) is 0. The van der Waals surface area contributed by atoms with Gasteiger partial charge >= 0.3 is 0 Å². The lowest BCUT2D eigenvalue weighted by Gasteiger charge is -2.17. The van der Waals surface area contributed by atoms with Crippen molar-refractivity contribution in [1.82, 2.24) is 4.90 Å². The summed E-state index contributed by atoms with van der Waals surface area (Å²) in [6.45, 7) is 2.39. The maximum absolute atomic E-state index is 7.34. The lowest BCUT2D eigenvalue weighted by atomic mass is 10.2. The van der Waals surface area contributed by atoms with E-state index in [-0.39, 0.29) is 5.84 Å². The van der Waals surface area contributed by atoms with Gasteiger partial charge in [-0.15, -0.1) is 0 Å². The van der Waals surface area contributed by atoms with Crippen LogP contribution in [0.2, 0.25) is 0 Å². The maximum Gasteiger partial charge on any atom is 0.122 e. The first kappa shape index (κ1) is 15.1. The fraction of sp³-hybridized carbons (Fsp3) is 0.235. The first-order valence-corrected chi connectivity index (χ1v) is 6.95. The molecule has 0 radical (unpaired) electrons. The van der Waals surface area contributed by atoms with Gasteiger partial charge in [-0.1, -0.05) is 30.3 Å². The van der Waals surface area contributed by atoms with Gasteiger partial charge in [0.1, 0.15) is 18.2 Å². The van der Waals surface area contributed by atoms with Gasteiger partial charge in [-0.25, -0.2) is 0 Å². The third-order valence-electron chi connectivity index (χ3n) is 3.20. The number of hydrogen-bond acceptors (Lipinski definition) is 3. The molecule has 0 atom stereocenters. The molecule has 0 unspecified atom stereocenters. The van der Waals surface area contributed by atoms with E-state index >= 15 is 0 Å². The van der Waals surface area contributed by atoms with Crippen molar-refractivity contribution >= 4 is 5.84 Å². The minimum atomic E-state index is 0.0733. The Bertz CT molecular complexity index is 566. The third kappa shape index (κ3) is 4.93. The third-order valence-corrected chi connectivity index (χ3v) is 3.20. The number of ether oxygens (including phenoxy) is 1. The molecule has 0 saturated heterocycles. The van der Waals surface area contributed by atoms with Gasteiger partial charge in [0.25, 0.3) is 0 Å². The molecule has 3 N–H and O–H groups in total. The van der Waals surface area contributed by atoms with Crippen molar-refractivity contribution in [2.75, 3.05) is 20.2 Å². The minimum absolute atomic E-state index is 0.0733. The van der Waals surface area contributed by atoms with Crippen molar-refractivity contribution in [3.05, 3.63) is 65.7 Å². The average molecular weight is 283 g/mol. The number of benzene rings is 2. The van der Waals surface area contributed by atoms with Crippen molar-refractivity contribution in [2.24, 2.45) is 5.73 Å². The van der Waals surface area contributed by atoms with Crippen LogP contribution in [0.5, 0.6) is 5.75 Å². The topological polar surface area (TPSA) is 62.3 Å². The summed E-state index contributed by atoms with van der Waals surface area (Å²) in [7, 11) is 2.08. The van der Waals surface area contributed by atoms with Gasteiger partial charge in [-0.2, -0.15) is 0 Å². The molecule has 0 aliphatic carbocycles. The van der Waals surface area contributed by atoms with Gasteiger partial charge in [0.15, 0.2) is 0 Å². The number of nitrogens with two attached hydrogens (primary N) is 1. The van der Waals surface area contributed by atoms with Crippen LogP contribution < -0.4 is 10.5 Å². The second-order valence-electron chi connectivity index (χ2n) is 5.01. The van der Waals surface area contributed by atoms with E-state index in [0.717, 1.165) is 18.8 Å². The minimum Gasteiger partial charge on any atom is -0.492 e. The van der Waals surface area contributed by atoms with Crippen molar-refractivity contribution in [2.45, 2.75) is 6.54 Å². The molecule has 0 aliphatic rings. The first-order chi connectivity index (χ1) is 10.1. The number of nitrogens with zero attached hydrogens (tertiary/aromatic N) is 1. The summed E-state index contributed by atoms with van der Waals surface area (Å²) in [4.78, 5) is 2.22. The Labute approximate surface area is 125 Å². The predicted octanol–water partition coefficient (Wildman–Crippen LogP) is 2.48. The maximum atomic E-state index is 7.34. The highest BCUT2D eigenvalue weighted by atomic mass is 16.5. The molecule has 0 aromatic heterocycles. The molecule has 2 aromatic rings. The Morgan fingerprint density at radius 2 is 1.76 bits per heavy atom. The Balaban J connectivity index is 1.74. The van der Waals surface area contributed by atoms with Crippen LogP contribution in [-0.2, 0) is 6.54 Å². The summed E-state index contributed by atoms with van der Waals surface area (Å²) in [5.74, 6) is 0.872. The van der Waals surface area contributed by atoms with E-state index in [1.165, 1.54) is 5.56 Å². The second kappa shape index (κ2) is 7.45. The molecule has 4 heteroatoms. The number of rotatable bonds is 7. The van der Waals surface area contributed by atoms with Crippen molar-refractivity contribution in [3.63, 3.8) is 0 Å². The van der Waals surface area contributed by atoms with Gasteiger partial charge in [0.2, 0.25) is 0 Å². The van der Waals surface area contributed by atoms with Crippen molar-refractivity contribution in [3.8, 4) is 5.75 Å². The van der Waals surface area contributed by atoms with Gasteiger partial charge in [0.05, 0.1) is 0 Å². The average Bonchev–Trinajstić information content (AvgIpc) is 2.49. The fourth-order valence-corrected chi connectivity index (χ4v) is 2.02. The zero-order chi connectivity index (χ0) is 15.1. The van der Waals surface area contributed by atoms with Gasteiger partial charge in [0, 0.05) is 18.7 Å². The Morgan fingerprint density at radius 3 is 2.38 bits per heavy atom. The summed E-state index contributed by atoms with van der Waals surface area (Å²) < 4.78 is 5.70. The number of likely N-dealkylation sites (N-methyl/N-ethyl adjacent to an activating group) is 1. The molecular weight excluding hydrogens is 262 g/mol. The highest BCUT2D eigenvalue weighted by Gasteiger charge is 2.01. The second-order valence-corrected chi connectivity index (χ2v) is 5.01. The van der Waals surface area contributed by atoms with Gasteiger partial charge < -0.3 is 10.5 Å². The van der Waals surface area contributed by atoms with E-state index in [0.29, 0.717) is 12.2 Å². The Morgan fingerprint density at radius 1 is 1.10 bits per heavy atom. The molecule has 2 rings (SSSR count). The largest absolute Gasteiger partial charge is 0.492 e. The zero-order valence-electron chi connectivity index (χ0n) is 12.3. The van der Waals surface area contributed by atoms with Crippen LogP contribution in [-0.4, -0.2) is 30.9 Å². The van der Waals surface area contributed by atoms with Crippen LogP contribution in [0.25, 0.3) is 0 Å². The summed E-state index contributed by atoms with van der Waals surface area (Å²) >= 11 is 0. The first-order valence-electron chi connectivity index (χ1n) is 6.95. The molecule has 110 valence electrons. The van der Waals surface area contributed by atoms with E-state index in [4.69, 9.17) is 15.9 Å². The fourth-order valence-electron chi connectivity index (χ4n) is 2.02. The molecule has 0 amide bonds. The smallest absolute Gasteiger partial charge is 0.122 e. The highest BCUT2D eigenvalue weighted by molar-refractivity contribution is 5.94. The van der Waals surface area contributed by atoms with E-state index in [1.54, 1.807) is 12.1 Å². The van der Waals surface area contributed by atoms with Gasteiger partial charge in [-0.3, -0.25) is 10.3 Å². The summed E-state index contributed by atoms with van der Waals surface area (Å²) in [5.41, 5.74) is 7.42. The highest BCUT2D eigenvalue weighted by Crippen LogP contribution is 2.12. The van der Waals surface area contributed by atoms with E-state index in [2.05, 4.69) is 36.2 Å². The van der Waals surface area contributed by atoms with Crippen molar-refractivity contribution in [1.29, 1.82) is 5.41 Å². The van der Waals surface area contributed by atoms with E-state index in [9.17, 15) is 0 Å². The zero-order valence-corrected chi connectivity index (χ0v) is 12.3. The number of hydrogen-bond donors (Lipinski definition) is 2. The number of nitrogen functional groups attached to an aromatic ring is 1. The molecule has 0 fully saturated rings. The van der Waals surface area contributed by atoms with Crippen LogP contribution in [0.4, 0.5) is 0 Å². The van der Waals surface area contributed by atoms with Gasteiger partial charge in [-0.05, 0) is 36.9 Å². The quantitative estimate of drug-likeness (QED) is 0.606. The van der Waals surface area contributed by atoms with Crippen LogP contribution in [0.3, 0.4) is 0 Å². The van der Waals surface area contributed by atoms with Crippen LogP contribution in [0, 0.1) is 5.41 Å². The molecule has 0 aliphatic heterocycles. The molecular formula is C17H21N3O. The summed E-state index contributed by atoms with van der Waals surface area (Å²) in [6, 6.07) is 17.7. The number of amidine groups is 1. The van der Waals surface area contributed by atoms with E-state index in [1.807, 2.05) is 18.2 Å². The Kier molecular flexibility index (Phi) is 5.35. The Hall–Kier alpha value is -2.33. The molecule has 21 heavy (non-hydrogen) atoms. The standard InChI is InChI=1S/C17H21N3O/c1-20(13-14-5-3-2-4-6-14)11-12-21-16-9-7-15(8-10-16)17(18)19/h2-10H,11-13H2,1H3,(H3,18,19). The van der Waals surface area contributed by atoms with E-state index < -0.39 is 0 Å². The molecule has 2 aromatic carbocycles. The molecule has 0 heterocycles. The molecule has 0 bridgehead atoms. The van der Waals surface area contributed by atoms with Crippen LogP contribution >= 0.6 is 0 Å². The number of nitrogens with one attached hydrogen (secondary N) is 1. The SMILES string of the molecule is CN(CCOc1ccc(C(=N)N)cc1)Cc1ccccc1. The summed E-state index contributed by atoms with van der Waals surface area (Å²) in [5, 5.41) is 7.34. The molecule has 0 saturated carbocycles. The molecule has 4 nitrogen and oxygen atoms in total. The van der Waals surface area contributed by atoms with Crippen molar-refractivity contribution < 1.29 is 4.74 Å². The van der Waals surface area contributed by atoms with Crippen LogP contribution in [0.1, 0.15) is 11.1 Å². The lowest BCUT2D eigenvalue weighted by molar-refractivity contribution is 0.233. The monoisotopic (exact) mass is 283 g/mol. The molecule has 0 spiro atoms. The predicted molar refractivity (Wildman–Crippen MR) is 85.7 cm³/mol. The normalized spacial score (nSPS) is 10.6. The lowest BCUT2D eigenvalue weighted by Crippen LogP contribution is -2.23.